The summed E-state index contributed by atoms with van der Waals surface area (Å²) < 4.78 is 3.42. The van der Waals surface area contributed by atoms with Crippen LogP contribution in [0.4, 0.5) is 0 Å². The van der Waals surface area contributed by atoms with Crippen LogP contribution in [0.2, 0.25) is 8.45 Å². The van der Waals surface area contributed by atoms with E-state index < -0.39 is 21.1 Å². The Morgan fingerprint density at radius 1 is 1.07 bits per heavy atom. The van der Waals surface area contributed by atoms with E-state index in [2.05, 4.69) is 43.3 Å². The van der Waals surface area contributed by atoms with Crippen molar-refractivity contribution in [1.29, 1.82) is 5.26 Å². The fourth-order valence-electron chi connectivity index (χ4n) is 3.62. The van der Waals surface area contributed by atoms with Crippen LogP contribution >= 0.6 is 11.6 Å². The molecule has 0 saturated heterocycles. The van der Waals surface area contributed by atoms with Crippen LogP contribution in [0, 0.1) is 11.3 Å². The first-order valence-corrected chi connectivity index (χ1v) is 13.7. The predicted octanol–water partition coefficient (Wildman–Crippen LogP) is 5.85. The Labute approximate surface area is 184 Å². The Morgan fingerprint density at radius 2 is 1.68 bits per heavy atom. The van der Waals surface area contributed by atoms with Gasteiger partial charge in [-0.15, -0.1) is 0 Å². The molecule has 1 heterocycles. The van der Waals surface area contributed by atoms with Crippen LogP contribution < -0.4 is 3.71 Å². The molecule has 0 bridgehead atoms. The number of rotatable bonds is 12. The maximum absolute atomic E-state index is 9.43. The molecule has 0 amide bonds. The summed E-state index contributed by atoms with van der Waals surface area (Å²) in [5, 5.41) is 18.9. The van der Waals surface area contributed by atoms with Gasteiger partial charge in [0.1, 0.15) is 0 Å². The molecular weight excluding hydrogens is 474 g/mol. The Morgan fingerprint density at radius 3 is 2.21 bits per heavy atom. The van der Waals surface area contributed by atoms with Crippen LogP contribution in [0.25, 0.3) is 5.69 Å². The fraction of sp³-hybridized carbons (Fsp3) is 0.591. The van der Waals surface area contributed by atoms with Crippen LogP contribution in [-0.4, -0.2) is 36.1 Å². The van der Waals surface area contributed by atoms with Gasteiger partial charge in [-0.25, -0.2) is 0 Å². The first kappa shape index (κ1) is 23.2. The minimum absolute atomic E-state index is 0.476. The third-order valence-corrected chi connectivity index (χ3v) is 10.5. The van der Waals surface area contributed by atoms with Crippen molar-refractivity contribution < 1.29 is 0 Å². The van der Waals surface area contributed by atoms with Crippen molar-refractivity contribution in [2.24, 2.45) is 0 Å². The molecule has 0 aliphatic rings. The third-order valence-electron chi connectivity index (χ3n) is 5.24. The van der Waals surface area contributed by atoms with E-state index in [0.717, 1.165) is 5.69 Å². The zero-order chi connectivity index (χ0) is 20.4. The van der Waals surface area contributed by atoms with Gasteiger partial charge in [0.25, 0.3) is 0 Å². The topological polar surface area (TPSA) is 54.5 Å². The summed E-state index contributed by atoms with van der Waals surface area (Å²) >= 11 is 5.11. The monoisotopic (exact) mass is 506 g/mol. The molecule has 0 N–H and O–H groups in total. The van der Waals surface area contributed by atoms with Crippen LogP contribution in [0.1, 0.15) is 84.1 Å². The Bertz CT molecular complexity index is 759. The van der Waals surface area contributed by atoms with E-state index in [0.29, 0.717) is 14.0 Å². The van der Waals surface area contributed by atoms with Gasteiger partial charge < -0.3 is 0 Å². The van der Waals surface area contributed by atoms with Crippen LogP contribution in [0.15, 0.2) is 24.4 Å². The van der Waals surface area contributed by atoms with Crippen LogP contribution in [0.5, 0.6) is 0 Å². The number of hydrogen-bond acceptors (Lipinski definition) is 3. The molecule has 28 heavy (non-hydrogen) atoms. The molecule has 0 spiro atoms. The van der Waals surface area contributed by atoms with Gasteiger partial charge in [0, 0.05) is 0 Å². The number of hydrogen-bond donors (Lipinski definition) is 0. The van der Waals surface area contributed by atoms with Crippen molar-refractivity contribution in [3.8, 4) is 11.8 Å². The second kappa shape index (κ2) is 11.8. The Balaban J connectivity index is 2.28. The second-order valence-corrected chi connectivity index (χ2v) is 13.2. The summed E-state index contributed by atoms with van der Waals surface area (Å²) in [6, 6.07) is 7.55. The molecule has 0 unspecified atom stereocenters. The molecule has 1 aromatic heterocycles. The second-order valence-electron chi connectivity index (χ2n) is 7.54. The Kier molecular flexibility index (Phi) is 9.80. The summed E-state index contributed by atoms with van der Waals surface area (Å²) in [4.78, 5) is 0. The van der Waals surface area contributed by atoms with Crippen molar-refractivity contribution in [2.45, 2.75) is 82.0 Å². The number of unbranched alkanes of at least 4 members (excludes halogenated alkanes) is 3. The minimum atomic E-state index is -0.924. The number of nitriles is 1. The number of benzene rings is 1. The van der Waals surface area contributed by atoms with Crippen LogP contribution in [0.3, 0.4) is 0 Å². The molecule has 2 rings (SSSR count). The molecule has 0 aliphatic heterocycles. The van der Waals surface area contributed by atoms with Crippen molar-refractivity contribution in [3.63, 3.8) is 0 Å². The van der Waals surface area contributed by atoms with E-state index in [1.165, 1.54) is 61.5 Å². The summed E-state index contributed by atoms with van der Waals surface area (Å²) in [6.07, 6.45) is 13.7. The molecule has 150 valence electrons. The molecule has 2 aromatic rings. The normalized spacial score (nSPS) is 11.5. The fourth-order valence-corrected chi connectivity index (χ4v) is 8.73. The Hall–Kier alpha value is -1.06. The third kappa shape index (κ3) is 6.49. The summed E-state index contributed by atoms with van der Waals surface area (Å²) in [6.45, 7) is 6.86. The van der Waals surface area contributed by atoms with Gasteiger partial charge in [-0.1, -0.05) is 0 Å². The molecule has 0 saturated carbocycles. The first-order chi connectivity index (χ1) is 13.6. The van der Waals surface area contributed by atoms with Crippen LogP contribution in [-0.2, 0) is 0 Å². The molecule has 0 atom stereocenters. The van der Waals surface area contributed by atoms with Gasteiger partial charge in [-0.2, -0.15) is 0 Å². The number of nitrogens with zero attached hydrogens (tertiary/aromatic N) is 4. The molecule has 6 heteroatoms. The summed E-state index contributed by atoms with van der Waals surface area (Å²) in [5.41, 5.74) is 1.29. The standard InChI is InChI=1S/C13H27.C9H4ClN4.Sn/c1-4-7-10-13(11-8-5-2)12-9-6-3;10-8-1-2-9(7(5-8)6-11)14-4-3-12-13-14;/h4-12H2,1-3H3;1-2,4-5H;. The van der Waals surface area contributed by atoms with Gasteiger partial charge in [0.15, 0.2) is 0 Å². The van der Waals surface area contributed by atoms with E-state index >= 15 is 0 Å². The van der Waals surface area contributed by atoms with Gasteiger partial charge in [0.2, 0.25) is 0 Å². The van der Waals surface area contributed by atoms with E-state index in [-0.39, 0.29) is 0 Å². The summed E-state index contributed by atoms with van der Waals surface area (Å²) in [5.74, 6) is 0. The van der Waals surface area contributed by atoms with E-state index in [1.54, 1.807) is 16.8 Å². The number of aromatic nitrogens is 3. The van der Waals surface area contributed by atoms with Crippen molar-refractivity contribution >= 4 is 36.5 Å². The SMILES string of the molecule is CCCC[C](CCCC)(CCCC)[Sn][c]1cn(-c2ccc(Cl)cc2C#N)nn1. The van der Waals surface area contributed by atoms with E-state index in [9.17, 15) is 5.26 Å². The van der Waals surface area contributed by atoms with Gasteiger partial charge in [0.05, 0.1) is 0 Å². The number of halogens is 1. The van der Waals surface area contributed by atoms with Gasteiger partial charge in [-0.3, -0.25) is 0 Å². The quantitative estimate of drug-likeness (QED) is 0.340. The van der Waals surface area contributed by atoms with Gasteiger partial charge >= 0.3 is 185 Å². The molecule has 4 nitrogen and oxygen atoms in total. The maximum atomic E-state index is 9.43. The van der Waals surface area contributed by atoms with E-state index in [4.69, 9.17) is 11.6 Å². The van der Waals surface area contributed by atoms with Gasteiger partial charge in [-0.05, 0) is 0 Å². The zero-order valence-corrected chi connectivity index (χ0v) is 21.0. The molecular formula is C22H31ClN4Sn. The van der Waals surface area contributed by atoms with Crippen molar-refractivity contribution in [1.82, 2.24) is 15.0 Å². The average molecular weight is 506 g/mol. The van der Waals surface area contributed by atoms with E-state index in [1.807, 2.05) is 6.07 Å². The molecule has 0 aliphatic carbocycles. The summed E-state index contributed by atoms with van der Waals surface area (Å²) in [7, 11) is 0. The predicted molar refractivity (Wildman–Crippen MR) is 118 cm³/mol. The average Bonchev–Trinajstić information content (AvgIpc) is 3.16. The van der Waals surface area contributed by atoms with Crippen molar-refractivity contribution in [3.05, 3.63) is 35.0 Å². The zero-order valence-electron chi connectivity index (χ0n) is 17.3. The molecule has 2 radical (unpaired) electrons. The first-order valence-electron chi connectivity index (χ1n) is 10.5. The molecule has 1 aromatic carbocycles. The van der Waals surface area contributed by atoms with Crippen molar-refractivity contribution in [2.75, 3.05) is 0 Å². The molecule has 0 fully saturated rings.